The molecule has 0 aliphatic carbocycles. The zero-order valence-electron chi connectivity index (χ0n) is 11.3. The zero-order chi connectivity index (χ0) is 14.7. The fourth-order valence-electron chi connectivity index (χ4n) is 1.88. The van der Waals surface area contributed by atoms with Crippen molar-refractivity contribution >= 4 is 17.9 Å². The van der Waals surface area contributed by atoms with E-state index in [1.807, 2.05) is 24.3 Å². The normalized spacial score (nSPS) is 15.8. The SMILES string of the molecule is COc1ccc(/C=C2/N=C(c3cccnc3)OC2=O)cc1. The highest BCUT2D eigenvalue weighted by Crippen LogP contribution is 2.20. The number of benzene rings is 1. The minimum absolute atomic E-state index is 0.263. The highest BCUT2D eigenvalue weighted by atomic mass is 16.6. The number of carbonyl (C=O) groups excluding carboxylic acids is 1. The lowest BCUT2D eigenvalue weighted by atomic mass is 10.2. The largest absolute Gasteiger partial charge is 0.497 e. The van der Waals surface area contributed by atoms with E-state index in [0.29, 0.717) is 5.56 Å². The van der Waals surface area contributed by atoms with E-state index in [9.17, 15) is 4.79 Å². The zero-order valence-corrected chi connectivity index (χ0v) is 11.3. The second-order valence-electron chi connectivity index (χ2n) is 4.35. The third kappa shape index (κ3) is 2.81. The second-order valence-corrected chi connectivity index (χ2v) is 4.35. The van der Waals surface area contributed by atoms with Gasteiger partial charge in [0, 0.05) is 12.4 Å². The number of esters is 1. The summed E-state index contributed by atoms with van der Waals surface area (Å²) < 4.78 is 10.2. The van der Waals surface area contributed by atoms with Gasteiger partial charge in [-0.1, -0.05) is 12.1 Å². The van der Waals surface area contributed by atoms with Crippen LogP contribution < -0.4 is 4.74 Å². The number of cyclic esters (lactones) is 1. The van der Waals surface area contributed by atoms with Gasteiger partial charge in [-0.2, -0.15) is 0 Å². The minimum Gasteiger partial charge on any atom is -0.497 e. The summed E-state index contributed by atoms with van der Waals surface area (Å²) in [6, 6.07) is 10.9. The van der Waals surface area contributed by atoms with Gasteiger partial charge < -0.3 is 9.47 Å². The van der Waals surface area contributed by atoms with Gasteiger partial charge in [0.2, 0.25) is 5.90 Å². The molecule has 104 valence electrons. The summed E-state index contributed by atoms with van der Waals surface area (Å²) in [7, 11) is 1.60. The van der Waals surface area contributed by atoms with Crippen LogP contribution in [-0.4, -0.2) is 24.0 Å². The van der Waals surface area contributed by atoms with Gasteiger partial charge >= 0.3 is 5.97 Å². The van der Waals surface area contributed by atoms with E-state index < -0.39 is 5.97 Å². The molecule has 1 aromatic heterocycles. The summed E-state index contributed by atoms with van der Waals surface area (Å²) in [6.45, 7) is 0. The van der Waals surface area contributed by atoms with Crippen molar-refractivity contribution in [1.29, 1.82) is 0 Å². The number of pyridine rings is 1. The van der Waals surface area contributed by atoms with Gasteiger partial charge in [0.15, 0.2) is 5.70 Å². The van der Waals surface area contributed by atoms with Crippen molar-refractivity contribution in [3.05, 3.63) is 65.6 Å². The Hall–Kier alpha value is -2.95. The third-order valence-corrected chi connectivity index (χ3v) is 2.95. The van der Waals surface area contributed by atoms with Crippen LogP contribution >= 0.6 is 0 Å². The molecule has 0 fully saturated rings. The summed E-state index contributed by atoms with van der Waals surface area (Å²) >= 11 is 0. The quantitative estimate of drug-likeness (QED) is 0.640. The molecule has 2 aromatic rings. The summed E-state index contributed by atoms with van der Waals surface area (Å²) in [5, 5.41) is 0. The number of nitrogens with zero attached hydrogens (tertiary/aromatic N) is 2. The van der Waals surface area contributed by atoms with Crippen LogP contribution in [-0.2, 0) is 9.53 Å². The summed E-state index contributed by atoms with van der Waals surface area (Å²) in [4.78, 5) is 20.0. The first-order valence-corrected chi connectivity index (χ1v) is 6.33. The molecule has 0 amide bonds. The van der Waals surface area contributed by atoms with E-state index in [2.05, 4.69) is 9.98 Å². The smallest absolute Gasteiger partial charge is 0.363 e. The van der Waals surface area contributed by atoms with Crippen molar-refractivity contribution < 1.29 is 14.3 Å². The number of aliphatic imine (C=N–C) groups is 1. The highest BCUT2D eigenvalue weighted by molar-refractivity contribution is 6.12. The number of methoxy groups -OCH3 is 1. The fraction of sp³-hybridized carbons (Fsp3) is 0.0625. The molecule has 2 heterocycles. The van der Waals surface area contributed by atoms with Crippen LogP contribution in [0.2, 0.25) is 0 Å². The number of rotatable bonds is 3. The predicted octanol–water partition coefficient (Wildman–Crippen LogP) is 2.43. The summed E-state index contributed by atoms with van der Waals surface area (Å²) in [5.74, 6) is 0.559. The number of hydrogen-bond acceptors (Lipinski definition) is 5. The van der Waals surface area contributed by atoms with Crippen molar-refractivity contribution in [2.24, 2.45) is 4.99 Å². The third-order valence-electron chi connectivity index (χ3n) is 2.95. The van der Waals surface area contributed by atoms with Gasteiger partial charge in [0.05, 0.1) is 12.7 Å². The van der Waals surface area contributed by atoms with Crippen LogP contribution in [0.3, 0.4) is 0 Å². The lowest BCUT2D eigenvalue weighted by molar-refractivity contribution is -0.129. The first kappa shape index (κ1) is 13.1. The van der Waals surface area contributed by atoms with Crippen LogP contribution in [0, 0.1) is 0 Å². The van der Waals surface area contributed by atoms with Gasteiger partial charge in [-0.25, -0.2) is 9.79 Å². The van der Waals surface area contributed by atoms with E-state index in [0.717, 1.165) is 11.3 Å². The topological polar surface area (TPSA) is 60.8 Å². The van der Waals surface area contributed by atoms with Crippen molar-refractivity contribution in [2.75, 3.05) is 7.11 Å². The first-order valence-electron chi connectivity index (χ1n) is 6.33. The molecular formula is C16H12N2O3. The molecule has 0 saturated heterocycles. The van der Waals surface area contributed by atoms with Crippen LogP contribution in [0.25, 0.3) is 6.08 Å². The molecule has 5 nitrogen and oxygen atoms in total. The lowest BCUT2D eigenvalue weighted by Gasteiger charge is -1.99. The minimum atomic E-state index is -0.468. The highest BCUT2D eigenvalue weighted by Gasteiger charge is 2.24. The van der Waals surface area contributed by atoms with Crippen LogP contribution in [0.5, 0.6) is 5.75 Å². The van der Waals surface area contributed by atoms with E-state index >= 15 is 0 Å². The van der Waals surface area contributed by atoms with E-state index in [1.54, 1.807) is 37.7 Å². The lowest BCUT2D eigenvalue weighted by Crippen LogP contribution is -2.05. The van der Waals surface area contributed by atoms with Gasteiger partial charge in [0.25, 0.3) is 0 Å². The Kier molecular flexibility index (Phi) is 3.47. The molecule has 0 N–H and O–H groups in total. The average Bonchev–Trinajstić information content (AvgIpc) is 2.90. The number of hydrogen-bond donors (Lipinski definition) is 0. The summed E-state index contributed by atoms with van der Waals surface area (Å²) in [6.07, 6.45) is 4.92. The molecule has 5 heteroatoms. The molecular weight excluding hydrogens is 268 g/mol. The average molecular weight is 280 g/mol. The van der Waals surface area contributed by atoms with Crippen molar-refractivity contribution in [2.45, 2.75) is 0 Å². The molecule has 1 aliphatic rings. The second kappa shape index (κ2) is 5.58. The molecule has 3 rings (SSSR count). The predicted molar refractivity (Wildman–Crippen MR) is 77.8 cm³/mol. The molecule has 1 aromatic carbocycles. The van der Waals surface area contributed by atoms with Crippen LogP contribution in [0.4, 0.5) is 0 Å². The first-order chi connectivity index (χ1) is 10.3. The van der Waals surface area contributed by atoms with E-state index in [4.69, 9.17) is 9.47 Å². The molecule has 1 aliphatic heterocycles. The van der Waals surface area contributed by atoms with Gasteiger partial charge in [-0.05, 0) is 35.9 Å². The Labute approximate surface area is 121 Å². The van der Waals surface area contributed by atoms with E-state index in [-0.39, 0.29) is 11.6 Å². The van der Waals surface area contributed by atoms with Crippen molar-refractivity contribution in [3.8, 4) is 5.75 Å². The maximum Gasteiger partial charge on any atom is 0.363 e. The molecule has 0 spiro atoms. The van der Waals surface area contributed by atoms with Gasteiger partial charge in [-0.15, -0.1) is 0 Å². The van der Waals surface area contributed by atoms with E-state index in [1.165, 1.54) is 0 Å². The Morgan fingerprint density at radius 2 is 2.00 bits per heavy atom. The maximum absolute atomic E-state index is 11.8. The van der Waals surface area contributed by atoms with Crippen molar-refractivity contribution in [3.63, 3.8) is 0 Å². The number of aromatic nitrogens is 1. The molecule has 0 atom stereocenters. The Morgan fingerprint density at radius 3 is 2.67 bits per heavy atom. The van der Waals surface area contributed by atoms with Crippen molar-refractivity contribution in [1.82, 2.24) is 4.98 Å². The molecule has 0 saturated carbocycles. The van der Waals surface area contributed by atoms with Gasteiger partial charge in [-0.3, -0.25) is 4.98 Å². The van der Waals surface area contributed by atoms with Crippen LogP contribution in [0.1, 0.15) is 11.1 Å². The molecule has 0 radical (unpaired) electrons. The van der Waals surface area contributed by atoms with Gasteiger partial charge in [0.1, 0.15) is 5.75 Å². The fourth-order valence-corrected chi connectivity index (χ4v) is 1.88. The summed E-state index contributed by atoms with van der Waals surface area (Å²) in [5.41, 5.74) is 1.78. The standard InChI is InChI=1S/C16H12N2O3/c1-20-13-6-4-11(5-7-13)9-14-16(19)21-15(18-14)12-3-2-8-17-10-12/h2-10H,1H3/b14-9+. The maximum atomic E-state index is 11.8. The Morgan fingerprint density at radius 1 is 1.19 bits per heavy atom. The Balaban J connectivity index is 1.89. The Bertz CT molecular complexity index is 719. The van der Waals surface area contributed by atoms with Crippen LogP contribution in [0.15, 0.2) is 59.5 Å². The number of ether oxygens (including phenoxy) is 2. The number of carbonyl (C=O) groups is 1. The molecule has 21 heavy (non-hydrogen) atoms. The molecule has 0 unspecified atom stereocenters. The monoisotopic (exact) mass is 280 g/mol. The molecule has 0 bridgehead atoms.